The van der Waals surface area contributed by atoms with Crippen LogP contribution in [0.15, 0.2) is 30.3 Å². The maximum Gasteiger partial charge on any atom is 0.251 e. The van der Waals surface area contributed by atoms with Crippen molar-refractivity contribution in [1.82, 2.24) is 15.5 Å². The van der Waals surface area contributed by atoms with Crippen molar-refractivity contribution in [2.75, 3.05) is 26.7 Å². The maximum absolute atomic E-state index is 13.0. The standard InChI is InChI=1S/C20H31N3O2.ClH/c1-4-15(2)18(22-19(24)17-8-6-5-7-9-17)20(25)23-12-10-16(11-13-23)14-21-3;/h5-9,15-16,18,21H,4,10-14H2,1-3H3,(H,22,24);1H. The third-order valence-corrected chi connectivity index (χ3v) is 5.22. The molecule has 5 nitrogen and oxygen atoms in total. The van der Waals surface area contributed by atoms with Gasteiger partial charge in [0.25, 0.3) is 5.91 Å². The first-order chi connectivity index (χ1) is 12.1. The predicted octanol–water partition coefficient (Wildman–Crippen LogP) is 2.71. The molecule has 2 N–H and O–H groups in total. The van der Waals surface area contributed by atoms with Crippen molar-refractivity contribution in [2.24, 2.45) is 11.8 Å². The Hall–Kier alpha value is -1.59. The number of nitrogens with one attached hydrogen (secondary N) is 2. The molecule has 1 aliphatic rings. The Kier molecular flexibility index (Phi) is 9.66. The van der Waals surface area contributed by atoms with E-state index in [0.717, 1.165) is 38.9 Å². The molecule has 6 heteroatoms. The highest BCUT2D eigenvalue weighted by atomic mass is 35.5. The molecule has 0 bridgehead atoms. The van der Waals surface area contributed by atoms with Crippen molar-refractivity contribution >= 4 is 24.2 Å². The minimum absolute atomic E-state index is 0. The first-order valence-corrected chi connectivity index (χ1v) is 9.36. The first kappa shape index (κ1) is 22.5. The summed E-state index contributed by atoms with van der Waals surface area (Å²) in [6.07, 6.45) is 2.89. The quantitative estimate of drug-likeness (QED) is 0.763. The number of piperidine rings is 1. The van der Waals surface area contributed by atoms with Crippen LogP contribution in [-0.2, 0) is 4.79 Å². The fraction of sp³-hybridized carbons (Fsp3) is 0.600. The summed E-state index contributed by atoms with van der Waals surface area (Å²) in [7, 11) is 1.97. The summed E-state index contributed by atoms with van der Waals surface area (Å²) < 4.78 is 0. The number of carbonyl (C=O) groups is 2. The molecule has 0 spiro atoms. The fourth-order valence-electron chi connectivity index (χ4n) is 3.34. The van der Waals surface area contributed by atoms with Gasteiger partial charge in [0, 0.05) is 18.7 Å². The zero-order chi connectivity index (χ0) is 18.2. The molecule has 1 aromatic carbocycles. The molecule has 2 unspecified atom stereocenters. The lowest BCUT2D eigenvalue weighted by Gasteiger charge is -2.35. The summed E-state index contributed by atoms with van der Waals surface area (Å²) in [6, 6.07) is 8.64. The normalized spacial score (nSPS) is 17.1. The lowest BCUT2D eigenvalue weighted by atomic mass is 9.93. The summed E-state index contributed by atoms with van der Waals surface area (Å²) in [5, 5.41) is 6.19. The Balaban J connectivity index is 0.00000338. The molecule has 2 amide bonds. The van der Waals surface area contributed by atoms with E-state index in [1.807, 2.05) is 37.1 Å². The van der Waals surface area contributed by atoms with Crippen LogP contribution >= 0.6 is 12.4 Å². The van der Waals surface area contributed by atoms with E-state index in [4.69, 9.17) is 0 Å². The van der Waals surface area contributed by atoms with Crippen molar-refractivity contribution < 1.29 is 9.59 Å². The topological polar surface area (TPSA) is 61.4 Å². The van der Waals surface area contributed by atoms with E-state index >= 15 is 0 Å². The Morgan fingerprint density at radius 3 is 2.35 bits per heavy atom. The van der Waals surface area contributed by atoms with Crippen LogP contribution in [0.3, 0.4) is 0 Å². The van der Waals surface area contributed by atoms with Crippen molar-refractivity contribution in [2.45, 2.75) is 39.2 Å². The molecular weight excluding hydrogens is 350 g/mol. The van der Waals surface area contributed by atoms with Crippen LogP contribution in [-0.4, -0.2) is 49.4 Å². The Bertz CT molecular complexity index is 559. The number of carbonyl (C=O) groups excluding carboxylic acids is 2. The summed E-state index contributed by atoms with van der Waals surface area (Å²) in [6.45, 7) is 6.64. The van der Waals surface area contributed by atoms with Gasteiger partial charge in [-0.25, -0.2) is 0 Å². The summed E-state index contributed by atoms with van der Waals surface area (Å²) in [4.78, 5) is 27.5. The molecule has 0 radical (unpaired) electrons. The molecular formula is C20H32ClN3O2. The van der Waals surface area contributed by atoms with Gasteiger partial charge in [0.2, 0.25) is 5.91 Å². The third-order valence-electron chi connectivity index (χ3n) is 5.22. The van der Waals surface area contributed by atoms with Gasteiger partial charge in [-0.05, 0) is 50.4 Å². The van der Waals surface area contributed by atoms with Crippen LogP contribution in [0.1, 0.15) is 43.5 Å². The molecule has 1 fully saturated rings. The number of rotatable bonds is 7. The van der Waals surface area contributed by atoms with E-state index in [2.05, 4.69) is 17.6 Å². The van der Waals surface area contributed by atoms with Gasteiger partial charge >= 0.3 is 0 Å². The Morgan fingerprint density at radius 2 is 1.81 bits per heavy atom. The molecule has 0 aliphatic carbocycles. The van der Waals surface area contributed by atoms with Crippen LogP contribution in [0.4, 0.5) is 0 Å². The van der Waals surface area contributed by atoms with E-state index in [0.29, 0.717) is 11.5 Å². The van der Waals surface area contributed by atoms with E-state index < -0.39 is 6.04 Å². The van der Waals surface area contributed by atoms with Crippen LogP contribution in [0.2, 0.25) is 0 Å². The monoisotopic (exact) mass is 381 g/mol. The maximum atomic E-state index is 13.0. The molecule has 0 aromatic heterocycles. The SMILES string of the molecule is CCC(C)C(NC(=O)c1ccccc1)C(=O)N1CCC(CNC)CC1.Cl. The minimum atomic E-state index is -0.460. The number of nitrogens with zero attached hydrogens (tertiary/aromatic N) is 1. The Morgan fingerprint density at radius 1 is 1.19 bits per heavy atom. The van der Waals surface area contributed by atoms with Gasteiger partial charge in [0.1, 0.15) is 6.04 Å². The minimum Gasteiger partial charge on any atom is -0.341 e. The van der Waals surface area contributed by atoms with Crippen molar-refractivity contribution in [3.8, 4) is 0 Å². The zero-order valence-electron chi connectivity index (χ0n) is 16.0. The van der Waals surface area contributed by atoms with Gasteiger partial charge in [-0.15, -0.1) is 12.4 Å². The smallest absolute Gasteiger partial charge is 0.251 e. The third kappa shape index (κ3) is 5.99. The zero-order valence-corrected chi connectivity index (χ0v) is 16.8. The number of amides is 2. The number of halogens is 1. The highest BCUT2D eigenvalue weighted by molar-refractivity contribution is 5.97. The largest absolute Gasteiger partial charge is 0.341 e. The summed E-state index contributed by atoms with van der Waals surface area (Å²) in [5.74, 6) is 0.621. The molecule has 146 valence electrons. The van der Waals surface area contributed by atoms with Crippen LogP contribution < -0.4 is 10.6 Å². The summed E-state index contributed by atoms with van der Waals surface area (Å²) >= 11 is 0. The lowest BCUT2D eigenvalue weighted by Crippen LogP contribution is -2.53. The molecule has 1 aliphatic heterocycles. The number of hydrogen-bond acceptors (Lipinski definition) is 3. The van der Waals surface area contributed by atoms with Gasteiger partial charge in [0.05, 0.1) is 0 Å². The van der Waals surface area contributed by atoms with Gasteiger partial charge in [-0.1, -0.05) is 38.5 Å². The second-order valence-corrected chi connectivity index (χ2v) is 7.03. The average molecular weight is 382 g/mol. The molecule has 26 heavy (non-hydrogen) atoms. The number of benzene rings is 1. The molecule has 1 saturated heterocycles. The van der Waals surface area contributed by atoms with Crippen molar-refractivity contribution in [3.05, 3.63) is 35.9 Å². The highest BCUT2D eigenvalue weighted by Gasteiger charge is 2.32. The van der Waals surface area contributed by atoms with E-state index in [-0.39, 0.29) is 30.1 Å². The molecule has 1 aromatic rings. The lowest BCUT2D eigenvalue weighted by molar-refractivity contribution is -0.135. The van der Waals surface area contributed by atoms with Crippen molar-refractivity contribution in [1.29, 1.82) is 0 Å². The van der Waals surface area contributed by atoms with Gasteiger partial charge in [-0.3, -0.25) is 9.59 Å². The van der Waals surface area contributed by atoms with Crippen LogP contribution in [0.25, 0.3) is 0 Å². The summed E-state index contributed by atoms with van der Waals surface area (Å²) in [5.41, 5.74) is 0.594. The van der Waals surface area contributed by atoms with E-state index in [1.54, 1.807) is 12.1 Å². The van der Waals surface area contributed by atoms with Crippen molar-refractivity contribution in [3.63, 3.8) is 0 Å². The van der Waals surface area contributed by atoms with Crippen LogP contribution in [0.5, 0.6) is 0 Å². The second kappa shape index (κ2) is 11.2. The van der Waals surface area contributed by atoms with Gasteiger partial charge in [-0.2, -0.15) is 0 Å². The molecule has 0 saturated carbocycles. The molecule has 2 atom stereocenters. The second-order valence-electron chi connectivity index (χ2n) is 7.03. The molecule has 2 rings (SSSR count). The first-order valence-electron chi connectivity index (χ1n) is 9.36. The van der Waals surface area contributed by atoms with Gasteiger partial charge in [0.15, 0.2) is 0 Å². The van der Waals surface area contributed by atoms with Crippen LogP contribution in [0, 0.1) is 11.8 Å². The highest BCUT2D eigenvalue weighted by Crippen LogP contribution is 2.19. The molecule has 1 heterocycles. The number of likely N-dealkylation sites (tertiary alicyclic amines) is 1. The van der Waals surface area contributed by atoms with E-state index in [9.17, 15) is 9.59 Å². The van der Waals surface area contributed by atoms with Gasteiger partial charge < -0.3 is 15.5 Å². The van der Waals surface area contributed by atoms with E-state index in [1.165, 1.54) is 0 Å². The number of hydrogen-bond donors (Lipinski definition) is 2. The predicted molar refractivity (Wildman–Crippen MR) is 108 cm³/mol. The Labute approximate surface area is 163 Å². The fourth-order valence-corrected chi connectivity index (χ4v) is 3.34. The average Bonchev–Trinajstić information content (AvgIpc) is 2.66.